The summed E-state index contributed by atoms with van der Waals surface area (Å²) < 4.78 is 21.4. The number of oxime groups is 1. The molecule has 1 unspecified atom stereocenters. The number of ether oxygens (including phenoxy) is 4. The zero-order valence-corrected chi connectivity index (χ0v) is 23.1. The van der Waals surface area contributed by atoms with E-state index in [9.17, 15) is 9.59 Å². The highest BCUT2D eigenvalue weighted by atomic mass is 16.7. The van der Waals surface area contributed by atoms with Crippen LogP contribution in [0, 0.1) is 0 Å². The summed E-state index contributed by atoms with van der Waals surface area (Å²) in [5.74, 6) is 0.264. The van der Waals surface area contributed by atoms with Crippen molar-refractivity contribution in [3.8, 4) is 11.5 Å². The zero-order chi connectivity index (χ0) is 27.8. The number of esters is 2. The summed E-state index contributed by atoms with van der Waals surface area (Å²) in [7, 11) is 3.12. The van der Waals surface area contributed by atoms with Gasteiger partial charge in [-0.15, -0.1) is 0 Å². The SMILES string of the molecule is CCOC(=O)C(Nc1cc(OC)cc(C(C)=NOC(C)(C)C(=O)OC(C)(C)C)c1)c1ccc(OC)cc1. The van der Waals surface area contributed by atoms with Crippen LogP contribution in [-0.2, 0) is 23.9 Å². The fourth-order valence-corrected chi connectivity index (χ4v) is 3.15. The molecule has 0 aliphatic heterocycles. The van der Waals surface area contributed by atoms with E-state index in [2.05, 4.69) is 10.5 Å². The van der Waals surface area contributed by atoms with Gasteiger partial charge in [0.25, 0.3) is 0 Å². The second-order valence-electron chi connectivity index (χ2n) is 9.83. The summed E-state index contributed by atoms with van der Waals surface area (Å²) >= 11 is 0. The van der Waals surface area contributed by atoms with Crippen molar-refractivity contribution in [2.45, 2.75) is 65.7 Å². The highest BCUT2D eigenvalue weighted by Crippen LogP contribution is 2.28. The van der Waals surface area contributed by atoms with E-state index in [1.54, 1.807) is 105 Å². The molecular weight excluding hydrogens is 476 g/mol. The Kier molecular flexibility index (Phi) is 9.94. The summed E-state index contributed by atoms with van der Waals surface area (Å²) in [4.78, 5) is 30.9. The molecule has 9 nitrogen and oxygen atoms in total. The predicted molar refractivity (Wildman–Crippen MR) is 142 cm³/mol. The lowest BCUT2D eigenvalue weighted by Gasteiger charge is -2.26. The van der Waals surface area contributed by atoms with E-state index in [-0.39, 0.29) is 6.61 Å². The Bertz CT molecular complexity index is 1100. The summed E-state index contributed by atoms with van der Waals surface area (Å²) in [6, 6.07) is 11.7. The maximum Gasteiger partial charge on any atom is 0.353 e. The fraction of sp³-hybridized carbons (Fsp3) is 0.464. The normalized spacial score (nSPS) is 12.8. The van der Waals surface area contributed by atoms with Gasteiger partial charge in [-0.3, -0.25) is 0 Å². The minimum Gasteiger partial charge on any atom is -0.497 e. The van der Waals surface area contributed by atoms with E-state index in [1.165, 1.54) is 0 Å². The number of methoxy groups -OCH3 is 2. The van der Waals surface area contributed by atoms with E-state index < -0.39 is 29.2 Å². The Hall–Kier alpha value is -3.75. The van der Waals surface area contributed by atoms with Crippen LogP contribution >= 0.6 is 0 Å². The van der Waals surface area contributed by atoms with Crippen molar-refractivity contribution in [1.29, 1.82) is 0 Å². The molecule has 0 radical (unpaired) electrons. The van der Waals surface area contributed by atoms with E-state index in [4.69, 9.17) is 23.8 Å². The first-order valence-corrected chi connectivity index (χ1v) is 12.0. The molecule has 0 aliphatic rings. The lowest BCUT2D eigenvalue weighted by Crippen LogP contribution is -2.40. The van der Waals surface area contributed by atoms with Gasteiger partial charge >= 0.3 is 11.9 Å². The molecule has 202 valence electrons. The minimum absolute atomic E-state index is 0.243. The highest BCUT2D eigenvalue weighted by Gasteiger charge is 2.35. The van der Waals surface area contributed by atoms with Crippen LogP contribution in [0.15, 0.2) is 47.6 Å². The zero-order valence-electron chi connectivity index (χ0n) is 23.1. The van der Waals surface area contributed by atoms with Crippen molar-refractivity contribution in [3.63, 3.8) is 0 Å². The monoisotopic (exact) mass is 514 g/mol. The second-order valence-corrected chi connectivity index (χ2v) is 9.83. The number of nitrogens with zero attached hydrogens (tertiary/aromatic N) is 1. The number of nitrogens with one attached hydrogen (secondary N) is 1. The largest absolute Gasteiger partial charge is 0.497 e. The van der Waals surface area contributed by atoms with Crippen molar-refractivity contribution < 1.29 is 33.4 Å². The third-order valence-corrected chi connectivity index (χ3v) is 5.14. The molecule has 0 fully saturated rings. The molecule has 2 aromatic carbocycles. The van der Waals surface area contributed by atoms with E-state index >= 15 is 0 Å². The molecular formula is C28H38N2O7. The van der Waals surface area contributed by atoms with Crippen LogP contribution in [0.5, 0.6) is 11.5 Å². The van der Waals surface area contributed by atoms with E-state index in [0.717, 1.165) is 0 Å². The van der Waals surface area contributed by atoms with Crippen LogP contribution < -0.4 is 14.8 Å². The lowest BCUT2D eigenvalue weighted by atomic mass is 10.0. The Balaban J connectivity index is 2.35. The summed E-state index contributed by atoms with van der Waals surface area (Å²) in [6.45, 7) is 12.3. The number of benzene rings is 2. The number of anilines is 1. The quantitative estimate of drug-likeness (QED) is 0.245. The molecule has 2 aromatic rings. The molecule has 9 heteroatoms. The van der Waals surface area contributed by atoms with Crippen LogP contribution in [0.25, 0.3) is 0 Å². The van der Waals surface area contributed by atoms with Crippen molar-refractivity contribution in [2.24, 2.45) is 5.16 Å². The number of hydrogen-bond donors (Lipinski definition) is 1. The van der Waals surface area contributed by atoms with Crippen LogP contribution in [0.4, 0.5) is 5.69 Å². The van der Waals surface area contributed by atoms with Crippen LogP contribution in [0.3, 0.4) is 0 Å². The third kappa shape index (κ3) is 8.70. The molecule has 2 rings (SSSR count). The molecule has 1 atom stereocenters. The molecule has 0 saturated carbocycles. The molecule has 1 N–H and O–H groups in total. The molecule has 0 saturated heterocycles. The minimum atomic E-state index is -1.29. The standard InChI is InChI=1S/C28H38N2O7/c1-10-35-25(31)24(19-11-13-22(33-8)14-12-19)29-21-15-20(16-23(17-21)34-9)18(2)30-37-28(6,7)26(32)36-27(3,4)5/h11-17,24,29H,10H2,1-9H3. The second kappa shape index (κ2) is 12.5. The van der Waals surface area contributed by atoms with Crippen molar-refractivity contribution in [2.75, 3.05) is 26.1 Å². The topological polar surface area (TPSA) is 105 Å². The summed E-state index contributed by atoms with van der Waals surface area (Å²) in [6.07, 6.45) is 0. The molecule has 0 heterocycles. The van der Waals surface area contributed by atoms with E-state index in [0.29, 0.717) is 34.0 Å². The Morgan fingerprint density at radius 1 is 0.946 bits per heavy atom. The molecule has 0 amide bonds. The average molecular weight is 515 g/mol. The third-order valence-electron chi connectivity index (χ3n) is 5.14. The van der Waals surface area contributed by atoms with Gasteiger partial charge in [0.2, 0.25) is 5.60 Å². The first kappa shape index (κ1) is 29.5. The van der Waals surface area contributed by atoms with Gasteiger partial charge in [-0.25, -0.2) is 9.59 Å². The maximum atomic E-state index is 12.8. The number of carbonyl (C=O) groups is 2. The van der Waals surface area contributed by atoms with Gasteiger partial charge in [-0.05, 0) is 78.3 Å². The smallest absolute Gasteiger partial charge is 0.353 e. The summed E-state index contributed by atoms with van der Waals surface area (Å²) in [5.41, 5.74) is 0.525. The van der Waals surface area contributed by atoms with Gasteiger partial charge in [-0.1, -0.05) is 17.3 Å². The Morgan fingerprint density at radius 2 is 1.57 bits per heavy atom. The van der Waals surface area contributed by atoms with Gasteiger partial charge in [0.1, 0.15) is 17.1 Å². The highest BCUT2D eigenvalue weighted by molar-refractivity contribution is 5.99. The van der Waals surface area contributed by atoms with Crippen LogP contribution in [0.2, 0.25) is 0 Å². The molecule has 0 spiro atoms. The average Bonchev–Trinajstić information content (AvgIpc) is 2.84. The van der Waals surface area contributed by atoms with Crippen LogP contribution in [0.1, 0.15) is 65.6 Å². The number of rotatable bonds is 11. The van der Waals surface area contributed by atoms with Crippen molar-refractivity contribution in [1.82, 2.24) is 0 Å². The Labute approximate surface area is 219 Å². The Morgan fingerprint density at radius 3 is 2.11 bits per heavy atom. The van der Waals surface area contributed by atoms with Gasteiger partial charge < -0.3 is 29.1 Å². The van der Waals surface area contributed by atoms with Crippen LogP contribution in [-0.4, -0.2) is 49.7 Å². The molecule has 37 heavy (non-hydrogen) atoms. The predicted octanol–water partition coefficient (Wildman–Crippen LogP) is 5.28. The first-order valence-electron chi connectivity index (χ1n) is 12.0. The fourth-order valence-electron chi connectivity index (χ4n) is 3.15. The molecule has 0 aromatic heterocycles. The maximum absolute atomic E-state index is 12.8. The van der Waals surface area contributed by atoms with Crippen molar-refractivity contribution in [3.05, 3.63) is 53.6 Å². The number of carbonyl (C=O) groups excluding carboxylic acids is 2. The van der Waals surface area contributed by atoms with Gasteiger partial charge in [-0.2, -0.15) is 0 Å². The van der Waals surface area contributed by atoms with E-state index in [1.807, 2.05) is 0 Å². The lowest BCUT2D eigenvalue weighted by molar-refractivity contribution is -0.179. The molecule has 0 bridgehead atoms. The summed E-state index contributed by atoms with van der Waals surface area (Å²) in [5, 5.41) is 7.42. The van der Waals surface area contributed by atoms with Gasteiger partial charge in [0, 0.05) is 17.3 Å². The van der Waals surface area contributed by atoms with Gasteiger partial charge in [0.05, 0.1) is 26.5 Å². The van der Waals surface area contributed by atoms with Crippen molar-refractivity contribution >= 4 is 23.3 Å². The van der Waals surface area contributed by atoms with Gasteiger partial charge in [0.15, 0.2) is 6.04 Å². The molecule has 0 aliphatic carbocycles. The first-order chi connectivity index (χ1) is 17.3. The number of hydrogen-bond acceptors (Lipinski definition) is 9.